The van der Waals surface area contributed by atoms with Crippen LogP contribution in [0.2, 0.25) is 0 Å². The van der Waals surface area contributed by atoms with Crippen LogP contribution in [-0.4, -0.2) is 5.91 Å². The summed E-state index contributed by atoms with van der Waals surface area (Å²) < 4.78 is 0. The van der Waals surface area contributed by atoms with Gasteiger partial charge < -0.3 is 23.7 Å². The number of nitrogens with one attached hydrogen (secondary N) is 1. The van der Waals surface area contributed by atoms with Crippen molar-refractivity contribution >= 4 is 24.2 Å². The monoisotopic (exact) mass is 257 g/mol. The molecular weight excluding hydrogens is 249 g/mol. The Balaban J connectivity index is 0.00000225. The van der Waals surface area contributed by atoms with Gasteiger partial charge in [0, 0.05) is 5.69 Å². The first-order chi connectivity index (χ1) is 7.15. The van der Waals surface area contributed by atoms with Crippen LogP contribution in [0.1, 0.15) is 0 Å². The standard InChI is InChI=1S/C10H9N3OS.K/c11-6-8(9(12)14)10(15)13-7-4-2-1-3-5-7;/h1-5,13,15H,(H2,12,14);/q;+1/p-1/b10-8-;. The largest absolute Gasteiger partial charge is 1.00 e. The van der Waals surface area contributed by atoms with Gasteiger partial charge in [-0.05, 0) is 12.1 Å². The average molecular weight is 257 g/mol. The van der Waals surface area contributed by atoms with Crippen LogP contribution >= 0.6 is 0 Å². The van der Waals surface area contributed by atoms with E-state index >= 15 is 0 Å². The van der Waals surface area contributed by atoms with Crippen LogP contribution in [0.3, 0.4) is 0 Å². The Bertz CT molecular complexity index is 439. The fourth-order valence-electron chi connectivity index (χ4n) is 0.933. The summed E-state index contributed by atoms with van der Waals surface area (Å²) in [5.41, 5.74) is 5.44. The third kappa shape index (κ3) is 4.61. The number of carbonyl (C=O) groups is 1. The number of para-hydroxylation sites is 1. The molecule has 1 aromatic rings. The number of benzene rings is 1. The smallest absolute Gasteiger partial charge is 0.761 e. The van der Waals surface area contributed by atoms with E-state index in [1.54, 1.807) is 30.3 Å². The Morgan fingerprint density at radius 3 is 2.38 bits per heavy atom. The van der Waals surface area contributed by atoms with Crippen LogP contribution in [0.5, 0.6) is 0 Å². The van der Waals surface area contributed by atoms with E-state index in [1.165, 1.54) is 0 Å². The fourth-order valence-corrected chi connectivity index (χ4v) is 1.20. The topological polar surface area (TPSA) is 78.9 Å². The van der Waals surface area contributed by atoms with E-state index in [2.05, 4.69) is 5.32 Å². The molecular formula is C10H8KN3OS. The van der Waals surface area contributed by atoms with Crippen molar-refractivity contribution < 1.29 is 56.2 Å². The van der Waals surface area contributed by atoms with E-state index < -0.39 is 5.91 Å². The molecule has 0 aliphatic heterocycles. The van der Waals surface area contributed by atoms with Crippen LogP contribution in [0.4, 0.5) is 5.69 Å². The second-order valence-corrected chi connectivity index (χ2v) is 3.08. The summed E-state index contributed by atoms with van der Waals surface area (Å²) in [5.74, 6) is -0.828. The Morgan fingerprint density at radius 1 is 1.38 bits per heavy atom. The van der Waals surface area contributed by atoms with Gasteiger partial charge in [-0.3, -0.25) is 4.79 Å². The number of anilines is 1. The molecule has 0 aliphatic carbocycles. The minimum atomic E-state index is -0.828. The third-order valence-electron chi connectivity index (χ3n) is 1.62. The number of amides is 1. The fraction of sp³-hybridized carbons (Fsp3) is 0. The molecule has 16 heavy (non-hydrogen) atoms. The van der Waals surface area contributed by atoms with Crippen LogP contribution in [-0.2, 0) is 17.4 Å². The van der Waals surface area contributed by atoms with Crippen molar-refractivity contribution in [1.29, 1.82) is 5.26 Å². The maximum Gasteiger partial charge on any atom is 1.00 e. The van der Waals surface area contributed by atoms with Gasteiger partial charge in [0.25, 0.3) is 5.91 Å². The predicted molar refractivity (Wildman–Crippen MR) is 59.3 cm³/mol. The van der Waals surface area contributed by atoms with E-state index in [9.17, 15) is 4.79 Å². The zero-order chi connectivity index (χ0) is 11.3. The van der Waals surface area contributed by atoms with Crippen molar-refractivity contribution in [2.45, 2.75) is 0 Å². The van der Waals surface area contributed by atoms with Gasteiger partial charge in [0.1, 0.15) is 11.6 Å². The van der Waals surface area contributed by atoms with Crippen molar-refractivity contribution in [3.63, 3.8) is 0 Å². The average Bonchev–Trinajstić information content (AvgIpc) is 2.19. The van der Waals surface area contributed by atoms with Gasteiger partial charge in [0.2, 0.25) is 0 Å². The molecule has 0 saturated heterocycles. The van der Waals surface area contributed by atoms with Crippen molar-refractivity contribution in [3.05, 3.63) is 40.9 Å². The van der Waals surface area contributed by atoms with Crippen LogP contribution in [0.15, 0.2) is 40.9 Å². The predicted octanol–water partition coefficient (Wildman–Crippen LogP) is -2.13. The van der Waals surface area contributed by atoms with Crippen molar-refractivity contribution in [2.24, 2.45) is 5.73 Å². The van der Waals surface area contributed by atoms with Gasteiger partial charge in [-0.25, -0.2) is 0 Å². The molecule has 0 spiro atoms. The number of hydrogen-bond donors (Lipinski definition) is 2. The molecule has 0 bridgehead atoms. The number of carbonyl (C=O) groups excluding carboxylic acids is 1. The molecule has 0 aliphatic rings. The quantitative estimate of drug-likeness (QED) is 0.281. The van der Waals surface area contributed by atoms with Crippen LogP contribution < -0.4 is 62.4 Å². The van der Waals surface area contributed by atoms with Crippen molar-refractivity contribution in [3.8, 4) is 6.07 Å². The zero-order valence-electron chi connectivity index (χ0n) is 8.73. The molecule has 1 amide bonds. The summed E-state index contributed by atoms with van der Waals surface area (Å²) in [6.45, 7) is 0. The van der Waals surface area contributed by atoms with E-state index in [-0.39, 0.29) is 62.0 Å². The minimum Gasteiger partial charge on any atom is -0.761 e. The van der Waals surface area contributed by atoms with E-state index in [4.69, 9.17) is 23.6 Å². The summed E-state index contributed by atoms with van der Waals surface area (Å²) in [4.78, 5) is 10.8. The first-order valence-electron chi connectivity index (χ1n) is 4.08. The number of rotatable bonds is 3. The van der Waals surface area contributed by atoms with Gasteiger partial charge >= 0.3 is 51.4 Å². The first kappa shape index (κ1) is 15.6. The molecule has 0 atom stereocenters. The SMILES string of the molecule is N#C/C(C(N)=O)=C(/[S-])Nc1ccccc1.[K+]. The van der Waals surface area contributed by atoms with Gasteiger partial charge in [-0.1, -0.05) is 23.2 Å². The normalized spacial score (nSPS) is 10.4. The van der Waals surface area contributed by atoms with Gasteiger partial charge in [-0.15, -0.1) is 0 Å². The first-order valence-corrected chi connectivity index (χ1v) is 4.49. The molecule has 0 unspecified atom stereocenters. The van der Waals surface area contributed by atoms with Crippen LogP contribution in [0.25, 0.3) is 0 Å². The number of nitrogens with zero attached hydrogens (tertiary/aromatic N) is 1. The molecule has 6 heteroatoms. The Kier molecular flexibility index (Phi) is 7.58. The minimum absolute atomic E-state index is 0. The van der Waals surface area contributed by atoms with E-state index in [0.29, 0.717) is 5.69 Å². The maximum absolute atomic E-state index is 10.8. The molecule has 1 rings (SSSR count). The Labute approximate surface area is 142 Å². The van der Waals surface area contributed by atoms with Crippen molar-refractivity contribution in [2.75, 3.05) is 5.32 Å². The molecule has 76 valence electrons. The Morgan fingerprint density at radius 2 is 1.94 bits per heavy atom. The third-order valence-corrected chi connectivity index (χ3v) is 1.92. The second kappa shape index (κ2) is 7.79. The molecule has 0 aromatic heterocycles. The van der Waals surface area contributed by atoms with E-state index in [1.807, 2.05) is 6.07 Å². The second-order valence-electron chi connectivity index (χ2n) is 2.67. The molecule has 3 N–H and O–H groups in total. The number of hydrogen-bond acceptors (Lipinski definition) is 4. The molecule has 1 aromatic carbocycles. The number of primary amides is 1. The van der Waals surface area contributed by atoms with Crippen molar-refractivity contribution in [1.82, 2.24) is 0 Å². The summed E-state index contributed by atoms with van der Waals surface area (Å²) >= 11 is 4.86. The number of nitrogens with two attached hydrogens (primary N) is 1. The number of nitriles is 1. The summed E-state index contributed by atoms with van der Waals surface area (Å²) in [7, 11) is 0. The summed E-state index contributed by atoms with van der Waals surface area (Å²) in [5, 5.41) is 11.4. The van der Waals surface area contributed by atoms with Gasteiger partial charge in [-0.2, -0.15) is 5.26 Å². The molecule has 0 heterocycles. The molecule has 4 nitrogen and oxygen atoms in total. The zero-order valence-corrected chi connectivity index (χ0v) is 12.7. The summed E-state index contributed by atoms with van der Waals surface area (Å²) in [6, 6.07) is 10.7. The van der Waals surface area contributed by atoms with Crippen LogP contribution in [0, 0.1) is 11.3 Å². The molecule has 0 fully saturated rings. The maximum atomic E-state index is 10.8. The summed E-state index contributed by atoms with van der Waals surface area (Å²) in [6.07, 6.45) is 0. The van der Waals surface area contributed by atoms with E-state index in [0.717, 1.165) is 0 Å². The van der Waals surface area contributed by atoms with Gasteiger partial charge in [0.15, 0.2) is 0 Å². The van der Waals surface area contributed by atoms with Gasteiger partial charge in [0.05, 0.1) is 0 Å². The molecule has 0 radical (unpaired) electrons. The Hall–Kier alpha value is -0.424. The molecule has 0 saturated carbocycles.